The highest BCUT2D eigenvalue weighted by molar-refractivity contribution is 5.92. The second kappa shape index (κ2) is 8.98. The smallest absolute Gasteiger partial charge is 0.144 e. The van der Waals surface area contributed by atoms with Gasteiger partial charge >= 0.3 is 0 Å². The molecule has 8 heteroatoms. The second-order valence-electron chi connectivity index (χ2n) is 7.47. The Labute approximate surface area is 188 Å². The molecular formula is C22H25Cl2N5O. The van der Waals surface area contributed by atoms with Crippen molar-refractivity contribution in [2.45, 2.75) is 26.3 Å². The maximum absolute atomic E-state index is 5.62. The third-order valence-electron chi connectivity index (χ3n) is 5.17. The van der Waals surface area contributed by atoms with E-state index in [2.05, 4.69) is 39.4 Å². The molecular weight excluding hydrogens is 421 g/mol. The molecule has 0 aliphatic heterocycles. The van der Waals surface area contributed by atoms with Crippen molar-refractivity contribution < 1.29 is 4.74 Å². The number of anilines is 2. The van der Waals surface area contributed by atoms with Crippen molar-refractivity contribution in [2.75, 3.05) is 12.4 Å². The lowest BCUT2D eigenvalue weighted by Gasteiger charge is -2.13. The third kappa shape index (κ3) is 4.40. The number of imidazole rings is 1. The summed E-state index contributed by atoms with van der Waals surface area (Å²) >= 11 is 0. The Hall–Kier alpha value is -2.70. The van der Waals surface area contributed by atoms with Gasteiger partial charge in [-0.1, -0.05) is 12.1 Å². The van der Waals surface area contributed by atoms with Gasteiger partial charge in [-0.05, 0) is 43.9 Å². The van der Waals surface area contributed by atoms with E-state index in [1.165, 1.54) is 12.8 Å². The molecule has 1 N–H and O–H groups in total. The topological polar surface area (TPSA) is 56.9 Å². The molecule has 0 atom stereocenters. The van der Waals surface area contributed by atoms with E-state index in [4.69, 9.17) is 9.84 Å². The summed E-state index contributed by atoms with van der Waals surface area (Å²) < 4.78 is 9.67. The van der Waals surface area contributed by atoms with Crippen molar-refractivity contribution in [2.24, 2.45) is 5.92 Å². The maximum atomic E-state index is 5.62. The predicted molar refractivity (Wildman–Crippen MR) is 125 cm³/mol. The number of nitrogens with zero attached hydrogens (tertiary/aromatic N) is 4. The number of hydrogen-bond donors (Lipinski definition) is 1. The van der Waals surface area contributed by atoms with Gasteiger partial charge in [-0.25, -0.2) is 4.98 Å². The van der Waals surface area contributed by atoms with Gasteiger partial charge in [-0.3, -0.25) is 4.68 Å². The number of aromatic nitrogens is 4. The minimum atomic E-state index is 0. The van der Waals surface area contributed by atoms with Gasteiger partial charge in [0.15, 0.2) is 0 Å². The fourth-order valence-corrected chi connectivity index (χ4v) is 3.53. The highest BCUT2D eigenvalue weighted by Gasteiger charge is 2.22. The third-order valence-corrected chi connectivity index (χ3v) is 5.17. The fraction of sp³-hybridized carbons (Fsp3) is 0.273. The Morgan fingerprint density at radius 2 is 1.97 bits per heavy atom. The van der Waals surface area contributed by atoms with Crippen LogP contribution in [0.25, 0.3) is 16.6 Å². The molecule has 2 heterocycles. The molecule has 2 aromatic heterocycles. The molecule has 0 saturated heterocycles. The zero-order valence-corrected chi connectivity index (χ0v) is 18.5. The summed E-state index contributed by atoms with van der Waals surface area (Å²) in [5, 5.41) is 9.47. The second-order valence-corrected chi connectivity index (χ2v) is 7.47. The molecule has 1 saturated carbocycles. The first-order valence-electron chi connectivity index (χ1n) is 9.62. The number of nitrogens with one attached hydrogen (secondary N) is 1. The van der Waals surface area contributed by atoms with Crippen LogP contribution in [-0.4, -0.2) is 26.4 Å². The van der Waals surface area contributed by atoms with Gasteiger partial charge in [0.05, 0.1) is 30.5 Å². The normalized spacial score (nSPS) is 12.9. The molecule has 1 aliphatic rings. The Morgan fingerprint density at radius 1 is 1.13 bits per heavy atom. The molecule has 30 heavy (non-hydrogen) atoms. The molecule has 5 rings (SSSR count). The maximum Gasteiger partial charge on any atom is 0.144 e. The van der Waals surface area contributed by atoms with Crippen LogP contribution in [0.1, 0.15) is 18.5 Å². The summed E-state index contributed by atoms with van der Waals surface area (Å²) in [6, 6.07) is 12.3. The van der Waals surface area contributed by atoms with E-state index < -0.39 is 0 Å². The molecule has 158 valence electrons. The Bertz CT molecular complexity index is 1150. The molecule has 0 unspecified atom stereocenters. The molecule has 0 bridgehead atoms. The Balaban J connectivity index is 0.00000128. The quantitative estimate of drug-likeness (QED) is 0.423. The summed E-state index contributed by atoms with van der Waals surface area (Å²) in [4.78, 5) is 4.30. The molecule has 0 amide bonds. The predicted octanol–water partition coefficient (Wildman–Crippen LogP) is 5.54. The fourth-order valence-electron chi connectivity index (χ4n) is 3.53. The van der Waals surface area contributed by atoms with Crippen LogP contribution < -0.4 is 10.1 Å². The summed E-state index contributed by atoms with van der Waals surface area (Å²) in [5.41, 5.74) is 4.89. The van der Waals surface area contributed by atoms with E-state index in [1.807, 2.05) is 35.9 Å². The van der Waals surface area contributed by atoms with Gasteiger partial charge in [-0.15, -0.1) is 24.8 Å². The Morgan fingerprint density at radius 3 is 2.67 bits per heavy atom. The number of halogens is 2. The average Bonchev–Trinajstić information content (AvgIpc) is 3.24. The molecule has 6 nitrogen and oxygen atoms in total. The number of rotatable bonds is 6. The molecule has 1 fully saturated rings. The first kappa shape index (κ1) is 22.0. The van der Waals surface area contributed by atoms with Crippen LogP contribution in [-0.2, 0) is 6.54 Å². The van der Waals surface area contributed by atoms with Gasteiger partial charge in [0, 0.05) is 36.1 Å². The van der Waals surface area contributed by atoms with Crippen molar-refractivity contribution in [1.82, 2.24) is 19.3 Å². The molecule has 4 aromatic rings. The van der Waals surface area contributed by atoms with E-state index in [0.717, 1.165) is 51.9 Å². The number of fused-ring (bicyclic) bond motifs is 1. The van der Waals surface area contributed by atoms with Crippen LogP contribution >= 0.6 is 24.8 Å². The van der Waals surface area contributed by atoms with Crippen LogP contribution in [0, 0.1) is 12.8 Å². The lowest BCUT2D eigenvalue weighted by Crippen LogP contribution is -2.00. The van der Waals surface area contributed by atoms with Crippen molar-refractivity contribution in [3.05, 3.63) is 60.8 Å². The standard InChI is InChI=1S/C22H23N5O.2ClH/c1-15-11-26(14-23-15)20-9-8-18(10-21(20)28-2)24-19-5-3-4-17-13-27(25-22(17)19)12-16-6-7-16;;/h3-5,8-11,13-14,16,24H,6-7,12H2,1-2H3;2*1H. The number of methoxy groups -OCH3 is 1. The van der Waals surface area contributed by atoms with Crippen LogP contribution in [0.5, 0.6) is 5.75 Å². The molecule has 2 aromatic carbocycles. The first-order chi connectivity index (χ1) is 13.7. The van der Waals surface area contributed by atoms with Gasteiger partial charge < -0.3 is 14.6 Å². The van der Waals surface area contributed by atoms with Gasteiger partial charge in [0.1, 0.15) is 11.3 Å². The largest absolute Gasteiger partial charge is 0.494 e. The van der Waals surface area contributed by atoms with E-state index in [0.29, 0.717) is 0 Å². The zero-order valence-electron chi connectivity index (χ0n) is 16.9. The number of aryl methyl sites for hydroxylation is 1. The molecule has 1 aliphatic carbocycles. The number of ether oxygens (including phenoxy) is 1. The monoisotopic (exact) mass is 445 g/mol. The van der Waals surface area contributed by atoms with Crippen LogP contribution in [0.4, 0.5) is 11.4 Å². The molecule has 0 spiro atoms. The van der Waals surface area contributed by atoms with E-state index >= 15 is 0 Å². The number of hydrogen-bond acceptors (Lipinski definition) is 4. The van der Waals surface area contributed by atoms with Crippen molar-refractivity contribution in [3.8, 4) is 11.4 Å². The minimum absolute atomic E-state index is 0. The van der Waals surface area contributed by atoms with E-state index in [1.54, 1.807) is 13.4 Å². The lowest BCUT2D eigenvalue weighted by atomic mass is 10.2. The van der Waals surface area contributed by atoms with Crippen molar-refractivity contribution >= 4 is 47.1 Å². The number of benzene rings is 2. The van der Waals surface area contributed by atoms with Crippen LogP contribution in [0.15, 0.2) is 55.1 Å². The Kier molecular flexibility index (Phi) is 6.58. The van der Waals surface area contributed by atoms with E-state index in [-0.39, 0.29) is 24.8 Å². The van der Waals surface area contributed by atoms with Crippen molar-refractivity contribution in [1.29, 1.82) is 0 Å². The lowest BCUT2D eigenvalue weighted by molar-refractivity contribution is 0.413. The van der Waals surface area contributed by atoms with Crippen LogP contribution in [0.3, 0.4) is 0 Å². The van der Waals surface area contributed by atoms with Gasteiger partial charge in [-0.2, -0.15) is 5.10 Å². The van der Waals surface area contributed by atoms with E-state index in [9.17, 15) is 0 Å². The highest BCUT2D eigenvalue weighted by Crippen LogP contribution is 2.33. The average molecular weight is 446 g/mol. The van der Waals surface area contributed by atoms with Gasteiger partial charge in [0.25, 0.3) is 0 Å². The van der Waals surface area contributed by atoms with Gasteiger partial charge in [0.2, 0.25) is 0 Å². The van der Waals surface area contributed by atoms with Crippen LogP contribution in [0.2, 0.25) is 0 Å². The first-order valence-corrected chi connectivity index (χ1v) is 9.62. The zero-order chi connectivity index (χ0) is 19.1. The minimum Gasteiger partial charge on any atom is -0.494 e. The SMILES string of the molecule is COc1cc(Nc2cccc3cn(CC4CC4)nc23)ccc1-n1cnc(C)c1.Cl.Cl. The molecule has 0 radical (unpaired) electrons. The summed E-state index contributed by atoms with van der Waals surface area (Å²) in [6.45, 7) is 2.99. The van der Waals surface area contributed by atoms with Crippen molar-refractivity contribution in [3.63, 3.8) is 0 Å². The summed E-state index contributed by atoms with van der Waals surface area (Å²) in [7, 11) is 1.69. The highest BCUT2D eigenvalue weighted by atomic mass is 35.5. The summed E-state index contributed by atoms with van der Waals surface area (Å²) in [6.07, 6.45) is 8.57. The summed E-state index contributed by atoms with van der Waals surface area (Å²) in [5.74, 6) is 1.59.